The van der Waals surface area contributed by atoms with Crippen molar-refractivity contribution in [3.63, 3.8) is 0 Å². The predicted molar refractivity (Wildman–Crippen MR) is 90.0 cm³/mol. The minimum Gasteiger partial charge on any atom is -0.385 e. The minimum absolute atomic E-state index is 0. The van der Waals surface area contributed by atoms with E-state index in [1.807, 2.05) is 0 Å². The fourth-order valence-electron chi connectivity index (χ4n) is 1.46. The first kappa shape index (κ1) is 20.3. The molecule has 0 aromatic heterocycles. The van der Waals surface area contributed by atoms with E-state index in [1.54, 1.807) is 7.11 Å². The number of nitrogens with one attached hydrogen (secondary N) is 2. The molecule has 0 radical (unpaired) electrons. The summed E-state index contributed by atoms with van der Waals surface area (Å²) in [7, 11) is 1.72. The van der Waals surface area contributed by atoms with Gasteiger partial charge in [0.25, 0.3) is 0 Å². The van der Waals surface area contributed by atoms with E-state index < -0.39 is 0 Å². The molecule has 0 amide bonds. The largest absolute Gasteiger partial charge is 0.385 e. The van der Waals surface area contributed by atoms with Crippen molar-refractivity contribution < 1.29 is 4.74 Å². The van der Waals surface area contributed by atoms with Crippen LogP contribution in [0.2, 0.25) is 0 Å². The predicted octanol–water partition coefficient (Wildman–Crippen LogP) is 2.63. The van der Waals surface area contributed by atoms with Crippen LogP contribution in [0.25, 0.3) is 0 Å². The van der Waals surface area contributed by atoms with E-state index in [-0.39, 0.29) is 24.0 Å². The van der Waals surface area contributed by atoms with Gasteiger partial charge in [-0.25, -0.2) is 0 Å². The summed E-state index contributed by atoms with van der Waals surface area (Å²) in [5.41, 5.74) is 0. The first-order chi connectivity index (χ1) is 8.20. The van der Waals surface area contributed by atoms with Gasteiger partial charge in [-0.3, -0.25) is 4.99 Å². The number of halogens is 1. The summed E-state index contributed by atoms with van der Waals surface area (Å²) < 4.78 is 5.00. The highest BCUT2D eigenvalue weighted by molar-refractivity contribution is 14.0. The zero-order chi connectivity index (χ0) is 12.9. The zero-order valence-electron chi connectivity index (χ0n) is 12.3. The lowest BCUT2D eigenvalue weighted by Crippen LogP contribution is -2.38. The molecule has 0 fully saturated rings. The monoisotopic (exact) mass is 371 g/mol. The molecule has 18 heavy (non-hydrogen) atoms. The summed E-state index contributed by atoms with van der Waals surface area (Å²) in [4.78, 5) is 4.48. The molecule has 0 aromatic rings. The highest BCUT2D eigenvalue weighted by Gasteiger charge is 1.97. The van der Waals surface area contributed by atoms with Crippen molar-refractivity contribution in [2.75, 3.05) is 33.4 Å². The number of nitrogens with zero attached hydrogens (tertiary/aromatic N) is 1. The summed E-state index contributed by atoms with van der Waals surface area (Å²) in [5, 5.41) is 6.60. The second kappa shape index (κ2) is 15.0. The van der Waals surface area contributed by atoms with Crippen LogP contribution in [0, 0.1) is 5.92 Å². The number of guanidine groups is 1. The van der Waals surface area contributed by atoms with Crippen molar-refractivity contribution >= 4 is 29.9 Å². The van der Waals surface area contributed by atoms with E-state index in [0.717, 1.165) is 44.5 Å². The summed E-state index contributed by atoms with van der Waals surface area (Å²) >= 11 is 0. The third kappa shape index (κ3) is 14.0. The third-order valence-electron chi connectivity index (χ3n) is 2.37. The van der Waals surface area contributed by atoms with Gasteiger partial charge < -0.3 is 15.4 Å². The smallest absolute Gasteiger partial charge is 0.191 e. The highest BCUT2D eigenvalue weighted by Crippen LogP contribution is 2.01. The molecule has 5 heteroatoms. The van der Waals surface area contributed by atoms with Crippen LogP contribution in [0.3, 0.4) is 0 Å². The highest BCUT2D eigenvalue weighted by atomic mass is 127. The Labute approximate surface area is 129 Å². The molecular weight excluding hydrogens is 341 g/mol. The molecule has 0 atom stereocenters. The molecule has 0 saturated carbocycles. The van der Waals surface area contributed by atoms with E-state index in [4.69, 9.17) is 4.74 Å². The average molecular weight is 371 g/mol. The SMILES string of the molecule is CCNC(=NCCCOC)NCCCC(C)C.I. The molecule has 0 aliphatic carbocycles. The maximum atomic E-state index is 5.00. The summed E-state index contributed by atoms with van der Waals surface area (Å²) in [6.07, 6.45) is 3.43. The summed E-state index contributed by atoms with van der Waals surface area (Å²) in [5.74, 6) is 1.70. The Morgan fingerprint density at radius 1 is 1.22 bits per heavy atom. The number of hydrogen-bond acceptors (Lipinski definition) is 2. The van der Waals surface area contributed by atoms with Crippen LogP contribution in [0.15, 0.2) is 4.99 Å². The Morgan fingerprint density at radius 2 is 1.94 bits per heavy atom. The van der Waals surface area contributed by atoms with Crippen molar-refractivity contribution in [2.24, 2.45) is 10.9 Å². The van der Waals surface area contributed by atoms with Crippen molar-refractivity contribution in [1.82, 2.24) is 10.6 Å². The van der Waals surface area contributed by atoms with E-state index in [2.05, 4.69) is 36.4 Å². The molecule has 0 bridgehead atoms. The Balaban J connectivity index is 0. The Bertz CT molecular complexity index is 199. The van der Waals surface area contributed by atoms with Gasteiger partial charge in [-0.2, -0.15) is 0 Å². The topological polar surface area (TPSA) is 45.7 Å². The van der Waals surface area contributed by atoms with Crippen molar-refractivity contribution in [1.29, 1.82) is 0 Å². The van der Waals surface area contributed by atoms with Gasteiger partial charge >= 0.3 is 0 Å². The molecule has 0 rings (SSSR count). The van der Waals surface area contributed by atoms with Gasteiger partial charge in [-0.05, 0) is 32.1 Å². The second-order valence-electron chi connectivity index (χ2n) is 4.57. The van der Waals surface area contributed by atoms with Gasteiger partial charge in [-0.15, -0.1) is 24.0 Å². The molecular formula is C13H30IN3O. The Morgan fingerprint density at radius 3 is 2.50 bits per heavy atom. The minimum atomic E-state index is 0. The van der Waals surface area contributed by atoms with Crippen molar-refractivity contribution in [2.45, 2.75) is 40.0 Å². The maximum absolute atomic E-state index is 5.00. The number of methoxy groups -OCH3 is 1. The molecule has 0 heterocycles. The van der Waals surface area contributed by atoms with Gasteiger partial charge in [0.15, 0.2) is 5.96 Å². The van der Waals surface area contributed by atoms with Crippen molar-refractivity contribution in [3.05, 3.63) is 0 Å². The van der Waals surface area contributed by atoms with E-state index in [9.17, 15) is 0 Å². The number of ether oxygens (including phenoxy) is 1. The van der Waals surface area contributed by atoms with Gasteiger partial charge in [0.1, 0.15) is 0 Å². The number of rotatable bonds is 9. The van der Waals surface area contributed by atoms with Crippen LogP contribution in [0.5, 0.6) is 0 Å². The van der Waals surface area contributed by atoms with Crippen LogP contribution in [0.1, 0.15) is 40.0 Å². The first-order valence-electron chi connectivity index (χ1n) is 6.71. The number of aliphatic imine (C=N–C) groups is 1. The molecule has 4 nitrogen and oxygen atoms in total. The van der Waals surface area contributed by atoms with Crippen LogP contribution in [0.4, 0.5) is 0 Å². The summed E-state index contributed by atoms with van der Waals surface area (Å²) in [6.45, 7) is 10.1. The maximum Gasteiger partial charge on any atom is 0.191 e. The van der Waals surface area contributed by atoms with Crippen molar-refractivity contribution in [3.8, 4) is 0 Å². The third-order valence-corrected chi connectivity index (χ3v) is 2.37. The molecule has 0 spiro atoms. The second-order valence-corrected chi connectivity index (χ2v) is 4.57. The summed E-state index contributed by atoms with van der Waals surface area (Å²) in [6, 6.07) is 0. The molecule has 0 unspecified atom stereocenters. The molecule has 110 valence electrons. The average Bonchev–Trinajstić information content (AvgIpc) is 2.29. The fraction of sp³-hybridized carbons (Fsp3) is 0.923. The van der Waals surface area contributed by atoms with E-state index in [1.165, 1.54) is 12.8 Å². The van der Waals surface area contributed by atoms with Crippen LogP contribution in [-0.4, -0.2) is 39.3 Å². The standard InChI is InChI=1S/C13H29N3O.HI/c1-5-14-13(16-10-7-11-17-4)15-9-6-8-12(2)3;/h12H,5-11H2,1-4H3,(H2,14,15,16);1H. The lowest BCUT2D eigenvalue weighted by Gasteiger charge is -2.11. The molecule has 2 N–H and O–H groups in total. The van der Waals surface area contributed by atoms with Gasteiger partial charge in [0.2, 0.25) is 0 Å². The van der Waals surface area contributed by atoms with E-state index in [0.29, 0.717) is 0 Å². The van der Waals surface area contributed by atoms with Gasteiger partial charge in [0.05, 0.1) is 0 Å². The van der Waals surface area contributed by atoms with E-state index >= 15 is 0 Å². The Kier molecular flexibility index (Phi) is 16.9. The fourth-order valence-corrected chi connectivity index (χ4v) is 1.46. The lowest BCUT2D eigenvalue weighted by atomic mass is 10.1. The molecule has 0 aliphatic heterocycles. The molecule has 0 saturated heterocycles. The lowest BCUT2D eigenvalue weighted by molar-refractivity contribution is 0.197. The molecule has 0 aliphatic rings. The van der Waals surface area contributed by atoms with Gasteiger partial charge in [0, 0.05) is 33.4 Å². The molecule has 0 aromatic carbocycles. The Hall–Kier alpha value is -0.0400. The van der Waals surface area contributed by atoms with Crippen LogP contribution < -0.4 is 10.6 Å². The zero-order valence-corrected chi connectivity index (χ0v) is 14.6. The van der Waals surface area contributed by atoms with Crippen LogP contribution in [-0.2, 0) is 4.74 Å². The van der Waals surface area contributed by atoms with Gasteiger partial charge in [-0.1, -0.05) is 13.8 Å². The number of hydrogen-bond donors (Lipinski definition) is 2. The quantitative estimate of drug-likeness (QED) is 0.284. The normalized spacial score (nSPS) is 11.3. The van der Waals surface area contributed by atoms with Crippen LogP contribution >= 0.6 is 24.0 Å². The first-order valence-corrected chi connectivity index (χ1v) is 6.71.